The Balaban J connectivity index is 1.69. The summed E-state index contributed by atoms with van der Waals surface area (Å²) in [5.74, 6) is 2.22. The molecular weight excluding hydrogens is 482 g/mol. The summed E-state index contributed by atoms with van der Waals surface area (Å²) in [6, 6.07) is 20.3. The Bertz CT molecular complexity index is 1500. The van der Waals surface area contributed by atoms with Crippen molar-refractivity contribution in [2.45, 2.75) is 19.9 Å². The van der Waals surface area contributed by atoms with Crippen molar-refractivity contribution in [1.82, 2.24) is 14.8 Å². The number of benzene rings is 3. The van der Waals surface area contributed by atoms with Crippen LogP contribution in [0, 0.1) is 6.92 Å². The Kier molecular flexibility index (Phi) is 6.74. The quantitative estimate of drug-likeness (QED) is 0.352. The summed E-state index contributed by atoms with van der Waals surface area (Å²) in [4.78, 5) is 18.6. The number of hydrogen-bond acceptors (Lipinski definition) is 7. The van der Waals surface area contributed by atoms with Gasteiger partial charge < -0.3 is 24.8 Å². The summed E-state index contributed by atoms with van der Waals surface area (Å²) < 4.78 is 18.5. The number of aryl methyl sites for hydroxylation is 1. The molecule has 0 radical (unpaired) electrons. The first-order valence-electron chi connectivity index (χ1n) is 12.1. The summed E-state index contributed by atoms with van der Waals surface area (Å²) in [6.45, 7) is 3.87. The number of nitrogens with one attached hydrogen (secondary N) is 2. The van der Waals surface area contributed by atoms with E-state index in [9.17, 15) is 4.79 Å². The summed E-state index contributed by atoms with van der Waals surface area (Å²) in [5.41, 5.74) is 4.51. The van der Waals surface area contributed by atoms with Gasteiger partial charge in [-0.3, -0.25) is 4.79 Å². The normalized spacial score (nSPS) is 14.4. The molecule has 194 valence electrons. The van der Waals surface area contributed by atoms with Crippen LogP contribution in [0.25, 0.3) is 11.4 Å². The average Bonchev–Trinajstić information content (AvgIpc) is 3.35. The molecule has 1 aromatic heterocycles. The van der Waals surface area contributed by atoms with E-state index in [0.717, 1.165) is 16.7 Å². The summed E-state index contributed by atoms with van der Waals surface area (Å²) in [7, 11) is 4.67. The lowest BCUT2D eigenvalue weighted by Crippen LogP contribution is -2.31. The molecule has 0 bridgehead atoms. The molecule has 38 heavy (non-hydrogen) atoms. The highest BCUT2D eigenvalue weighted by Gasteiger charge is 2.36. The van der Waals surface area contributed by atoms with Gasteiger partial charge in [-0.2, -0.15) is 4.98 Å². The number of methoxy groups -OCH3 is 3. The molecule has 0 spiro atoms. The molecule has 3 aromatic carbocycles. The van der Waals surface area contributed by atoms with Crippen molar-refractivity contribution in [1.29, 1.82) is 0 Å². The van der Waals surface area contributed by atoms with Gasteiger partial charge >= 0.3 is 0 Å². The fourth-order valence-electron chi connectivity index (χ4n) is 4.67. The van der Waals surface area contributed by atoms with Crippen molar-refractivity contribution in [3.05, 3.63) is 89.1 Å². The average molecular weight is 512 g/mol. The molecule has 4 aromatic rings. The largest absolute Gasteiger partial charge is 0.493 e. The molecule has 0 fully saturated rings. The zero-order valence-corrected chi connectivity index (χ0v) is 21.9. The molecule has 9 heteroatoms. The van der Waals surface area contributed by atoms with Crippen LogP contribution >= 0.6 is 0 Å². The van der Waals surface area contributed by atoms with E-state index in [4.69, 9.17) is 24.3 Å². The lowest BCUT2D eigenvalue weighted by Gasteiger charge is -2.29. The number of rotatable bonds is 7. The molecule has 1 amide bonds. The van der Waals surface area contributed by atoms with Gasteiger partial charge in [0, 0.05) is 16.9 Å². The van der Waals surface area contributed by atoms with Crippen LogP contribution in [0.15, 0.2) is 78.0 Å². The van der Waals surface area contributed by atoms with Crippen LogP contribution in [0.3, 0.4) is 0 Å². The van der Waals surface area contributed by atoms with E-state index < -0.39 is 6.04 Å². The third-order valence-electron chi connectivity index (χ3n) is 6.52. The first kappa shape index (κ1) is 24.9. The van der Waals surface area contributed by atoms with Crippen LogP contribution < -0.4 is 24.8 Å². The van der Waals surface area contributed by atoms with Gasteiger partial charge in [0.2, 0.25) is 11.7 Å². The predicted octanol–water partition coefficient (Wildman–Crippen LogP) is 5.21. The first-order valence-corrected chi connectivity index (χ1v) is 12.1. The molecule has 5 rings (SSSR count). The number of para-hydroxylation sites is 1. The zero-order valence-electron chi connectivity index (χ0n) is 21.9. The van der Waals surface area contributed by atoms with Crippen LogP contribution in [-0.2, 0) is 4.79 Å². The molecule has 1 aliphatic heterocycles. The second kappa shape index (κ2) is 10.3. The van der Waals surface area contributed by atoms with Crippen molar-refractivity contribution < 1.29 is 19.0 Å². The molecule has 1 unspecified atom stereocenters. The topological polar surface area (TPSA) is 99.5 Å². The number of nitrogens with zero attached hydrogens (tertiary/aromatic N) is 3. The zero-order chi connectivity index (χ0) is 26.8. The smallest absolute Gasteiger partial charge is 0.255 e. The molecule has 0 saturated heterocycles. The lowest BCUT2D eigenvalue weighted by atomic mass is 9.94. The monoisotopic (exact) mass is 511 g/mol. The molecule has 1 atom stereocenters. The van der Waals surface area contributed by atoms with E-state index in [0.29, 0.717) is 46.0 Å². The SMILES string of the molecule is COc1cc(C2C(C(=O)Nc3ccccc3)=C(C)Nc3nc(-c4ccccc4C)nn32)cc(OC)c1OC. The molecular formula is C29H29N5O4. The van der Waals surface area contributed by atoms with Crippen LogP contribution in [0.5, 0.6) is 17.2 Å². The van der Waals surface area contributed by atoms with E-state index in [1.54, 1.807) is 26.0 Å². The van der Waals surface area contributed by atoms with Crippen molar-refractivity contribution in [2.75, 3.05) is 32.0 Å². The van der Waals surface area contributed by atoms with Crippen molar-refractivity contribution in [3.63, 3.8) is 0 Å². The van der Waals surface area contributed by atoms with Crippen LogP contribution in [0.1, 0.15) is 24.1 Å². The molecule has 0 saturated carbocycles. The number of carbonyl (C=O) groups excluding carboxylic acids is 1. The molecule has 9 nitrogen and oxygen atoms in total. The highest BCUT2D eigenvalue weighted by molar-refractivity contribution is 6.06. The van der Waals surface area contributed by atoms with Crippen LogP contribution in [0.2, 0.25) is 0 Å². The Morgan fingerprint density at radius 1 is 0.921 bits per heavy atom. The minimum atomic E-state index is -0.631. The lowest BCUT2D eigenvalue weighted by molar-refractivity contribution is -0.113. The Morgan fingerprint density at radius 2 is 1.58 bits per heavy atom. The molecule has 2 heterocycles. The second-order valence-corrected chi connectivity index (χ2v) is 8.86. The summed E-state index contributed by atoms with van der Waals surface area (Å²) in [6.07, 6.45) is 0. The van der Waals surface area contributed by atoms with Gasteiger partial charge in [0.25, 0.3) is 5.91 Å². The van der Waals surface area contributed by atoms with Crippen LogP contribution in [-0.4, -0.2) is 42.0 Å². The van der Waals surface area contributed by atoms with Gasteiger partial charge in [0.05, 0.1) is 26.9 Å². The number of ether oxygens (including phenoxy) is 3. The van der Waals surface area contributed by atoms with Crippen molar-refractivity contribution >= 4 is 17.5 Å². The fraction of sp³-hybridized carbons (Fsp3) is 0.207. The van der Waals surface area contributed by atoms with Gasteiger partial charge in [-0.25, -0.2) is 4.68 Å². The molecule has 2 N–H and O–H groups in total. The number of anilines is 2. The number of amides is 1. The summed E-state index contributed by atoms with van der Waals surface area (Å²) in [5, 5.41) is 11.2. The number of fused-ring (bicyclic) bond motifs is 1. The number of carbonyl (C=O) groups is 1. The molecule has 1 aliphatic rings. The van der Waals surface area contributed by atoms with Gasteiger partial charge in [-0.15, -0.1) is 5.10 Å². The third kappa shape index (κ3) is 4.43. The number of allylic oxidation sites excluding steroid dienone is 1. The Morgan fingerprint density at radius 3 is 2.21 bits per heavy atom. The number of hydrogen-bond donors (Lipinski definition) is 2. The van der Waals surface area contributed by atoms with E-state index >= 15 is 0 Å². The van der Waals surface area contributed by atoms with Crippen LogP contribution in [0.4, 0.5) is 11.6 Å². The fourth-order valence-corrected chi connectivity index (χ4v) is 4.67. The van der Waals surface area contributed by atoms with Gasteiger partial charge in [-0.1, -0.05) is 42.5 Å². The standard InChI is InChI=1S/C29H29N5O4/c1-17-11-9-10-14-21(17)27-32-29-30-18(2)24(28(35)31-20-12-7-6-8-13-20)25(34(29)33-27)19-15-22(36-3)26(38-5)23(16-19)37-4/h6-16,25H,1-5H3,(H,31,35)(H,30,32,33). The minimum absolute atomic E-state index is 0.265. The van der Waals surface area contributed by atoms with Crippen molar-refractivity contribution in [3.8, 4) is 28.6 Å². The Hall–Kier alpha value is -4.79. The maximum atomic E-state index is 13.8. The highest BCUT2D eigenvalue weighted by atomic mass is 16.5. The second-order valence-electron chi connectivity index (χ2n) is 8.86. The van der Waals surface area contributed by atoms with Crippen molar-refractivity contribution in [2.24, 2.45) is 0 Å². The number of aromatic nitrogens is 3. The van der Waals surface area contributed by atoms with E-state index in [1.165, 1.54) is 0 Å². The molecule has 0 aliphatic carbocycles. The first-order chi connectivity index (χ1) is 18.4. The summed E-state index contributed by atoms with van der Waals surface area (Å²) >= 11 is 0. The maximum absolute atomic E-state index is 13.8. The minimum Gasteiger partial charge on any atom is -0.493 e. The predicted molar refractivity (Wildman–Crippen MR) is 146 cm³/mol. The third-order valence-corrected chi connectivity index (χ3v) is 6.52. The Labute approximate surface area is 221 Å². The van der Waals surface area contributed by atoms with Gasteiger partial charge in [0.15, 0.2) is 17.3 Å². The van der Waals surface area contributed by atoms with E-state index in [1.807, 2.05) is 80.6 Å². The van der Waals surface area contributed by atoms with E-state index in [-0.39, 0.29) is 5.91 Å². The van der Waals surface area contributed by atoms with Gasteiger partial charge in [-0.05, 0) is 49.2 Å². The van der Waals surface area contributed by atoms with E-state index in [2.05, 4.69) is 10.6 Å². The van der Waals surface area contributed by atoms with Gasteiger partial charge in [0.1, 0.15) is 6.04 Å². The highest BCUT2D eigenvalue weighted by Crippen LogP contribution is 2.44. The maximum Gasteiger partial charge on any atom is 0.255 e.